The number of carbonyl (C=O) groups excluding carboxylic acids is 1. The Morgan fingerprint density at radius 2 is 2.00 bits per heavy atom. The minimum absolute atomic E-state index is 0.162. The zero-order chi connectivity index (χ0) is 9.97. The molecule has 3 heteroatoms. The van der Waals surface area contributed by atoms with Gasteiger partial charge in [0.05, 0.1) is 0 Å². The van der Waals surface area contributed by atoms with Gasteiger partial charge < -0.3 is 4.74 Å². The van der Waals surface area contributed by atoms with Crippen LogP contribution in [0.15, 0.2) is 24.3 Å². The van der Waals surface area contributed by atoms with E-state index in [0.717, 1.165) is 18.4 Å². The van der Waals surface area contributed by atoms with Crippen molar-refractivity contribution in [3.05, 3.63) is 35.6 Å². The molecule has 14 heavy (non-hydrogen) atoms. The van der Waals surface area contributed by atoms with Gasteiger partial charge in [-0.25, -0.2) is 4.39 Å². The zero-order valence-corrected chi connectivity index (χ0v) is 7.70. The van der Waals surface area contributed by atoms with Gasteiger partial charge in [0.25, 0.3) is 0 Å². The lowest BCUT2D eigenvalue weighted by Gasteiger charge is -2.22. The van der Waals surface area contributed by atoms with Gasteiger partial charge in [-0.2, -0.15) is 0 Å². The number of rotatable bonds is 1. The third kappa shape index (κ3) is 1.92. The van der Waals surface area contributed by atoms with Crippen LogP contribution in [-0.2, 0) is 9.53 Å². The number of hydrogen-bond acceptors (Lipinski definition) is 2. The van der Waals surface area contributed by atoms with E-state index in [1.165, 1.54) is 12.1 Å². The molecule has 0 N–H and O–H groups in total. The average Bonchev–Trinajstić information content (AvgIpc) is 2.19. The Kier molecular flexibility index (Phi) is 2.48. The van der Waals surface area contributed by atoms with Crippen LogP contribution in [0.5, 0.6) is 0 Å². The summed E-state index contributed by atoms with van der Waals surface area (Å²) >= 11 is 0. The molecule has 0 aromatic heterocycles. The van der Waals surface area contributed by atoms with Gasteiger partial charge in [-0.1, -0.05) is 12.1 Å². The Bertz CT molecular complexity index is 332. The van der Waals surface area contributed by atoms with Crippen molar-refractivity contribution in [1.82, 2.24) is 0 Å². The predicted octanol–water partition coefficient (Wildman–Crippen LogP) is 2.59. The van der Waals surface area contributed by atoms with Gasteiger partial charge in [0.15, 0.2) is 0 Å². The van der Waals surface area contributed by atoms with Gasteiger partial charge in [0, 0.05) is 6.42 Å². The van der Waals surface area contributed by atoms with Crippen molar-refractivity contribution in [3.8, 4) is 0 Å². The monoisotopic (exact) mass is 194 g/mol. The third-order valence-electron chi connectivity index (χ3n) is 2.36. The smallest absolute Gasteiger partial charge is 0.306 e. The summed E-state index contributed by atoms with van der Waals surface area (Å²) in [5.74, 6) is -0.429. The summed E-state index contributed by atoms with van der Waals surface area (Å²) in [4.78, 5) is 11.0. The molecule has 1 saturated heterocycles. The van der Waals surface area contributed by atoms with Crippen molar-refractivity contribution in [1.29, 1.82) is 0 Å². The van der Waals surface area contributed by atoms with Crippen molar-refractivity contribution < 1.29 is 13.9 Å². The fourth-order valence-corrected chi connectivity index (χ4v) is 1.62. The van der Waals surface area contributed by atoms with Crippen molar-refractivity contribution in [3.63, 3.8) is 0 Å². The van der Waals surface area contributed by atoms with Gasteiger partial charge in [-0.15, -0.1) is 0 Å². The summed E-state index contributed by atoms with van der Waals surface area (Å²) in [6.45, 7) is 0. The minimum atomic E-state index is -0.268. The first-order chi connectivity index (χ1) is 6.75. The molecule has 74 valence electrons. The van der Waals surface area contributed by atoms with Gasteiger partial charge in [-0.05, 0) is 30.5 Å². The van der Waals surface area contributed by atoms with Gasteiger partial charge in [-0.3, -0.25) is 4.79 Å². The first-order valence-electron chi connectivity index (χ1n) is 4.70. The Balaban J connectivity index is 2.14. The van der Waals surface area contributed by atoms with Crippen LogP contribution < -0.4 is 0 Å². The van der Waals surface area contributed by atoms with Crippen LogP contribution in [-0.4, -0.2) is 5.97 Å². The van der Waals surface area contributed by atoms with Crippen molar-refractivity contribution in [2.24, 2.45) is 0 Å². The Morgan fingerprint density at radius 3 is 2.64 bits per heavy atom. The van der Waals surface area contributed by atoms with E-state index in [1.807, 2.05) is 0 Å². The Hall–Kier alpha value is -1.38. The van der Waals surface area contributed by atoms with Gasteiger partial charge in [0.1, 0.15) is 11.9 Å². The molecule has 2 rings (SSSR count). The molecule has 0 bridgehead atoms. The van der Waals surface area contributed by atoms with Crippen molar-refractivity contribution in [2.45, 2.75) is 25.4 Å². The second-order valence-electron chi connectivity index (χ2n) is 3.42. The molecule has 0 amide bonds. The van der Waals surface area contributed by atoms with E-state index in [2.05, 4.69) is 0 Å². The highest BCUT2D eigenvalue weighted by molar-refractivity contribution is 5.70. The lowest BCUT2D eigenvalue weighted by Crippen LogP contribution is -2.16. The molecule has 1 aromatic rings. The molecule has 0 spiro atoms. The number of esters is 1. The van der Waals surface area contributed by atoms with Crippen LogP contribution >= 0.6 is 0 Å². The summed E-state index contributed by atoms with van der Waals surface area (Å²) < 4.78 is 17.8. The molecule has 1 heterocycles. The third-order valence-corrected chi connectivity index (χ3v) is 2.36. The largest absolute Gasteiger partial charge is 0.457 e. The maximum Gasteiger partial charge on any atom is 0.306 e. The second kappa shape index (κ2) is 3.78. The first-order valence-corrected chi connectivity index (χ1v) is 4.70. The van der Waals surface area contributed by atoms with E-state index in [9.17, 15) is 9.18 Å². The number of benzene rings is 1. The number of cyclic esters (lactones) is 1. The predicted molar refractivity (Wildman–Crippen MR) is 49.1 cm³/mol. The quantitative estimate of drug-likeness (QED) is 0.642. The molecule has 1 aromatic carbocycles. The summed E-state index contributed by atoms with van der Waals surface area (Å²) in [5, 5.41) is 0. The minimum Gasteiger partial charge on any atom is -0.457 e. The van der Waals surface area contributed by atoms with Crippen LogP contribution in [0.2, 0.25) is 0 Å². The van der Waals surface area contributed by atoms with Gasteiger partial charge in [0.2, 0.25) is 0 Å². The molecule has 1 fully saturated rings. The topological polar surface area (TPSA) is 26.3 Å². The fourth-order valence-electron chi connectivity index (χ4n) is 1.62. The Labute approximate surface area is 81.7 Å². The summed E-state index contributed by atoms with van der Waals surface area (Å²) in [7, 11) is 0. The zero-order valence-electron chi connectivity index (χ0n) is 7.70. The molecule has 1 aliphatic rings. The Morgan fingerprint density at radius 1 is 1.29 bits per heavy atom. The van der Waals surface area contributed by atoms with Crippen LogP contribution in [0.4, 0.5) is 4.39 Å². The average molecular weight is 194 g/mol. The number of hydrogen-bond donors (Lipinski definition) is 0. The van der Waals surface area contributed by atoms with Gasteiger partial charge >= 0.3 is 5.97 Å². The molecule has 0 radical (unpaired) electrons. The molecule has 1 atom stereocenters. The first kappa shape index (κ1) is 9.19. The molecule has 0 saturated carbocycles. The van der Waals surface area contributed by atoms with Crippen molar-refractivity contribution in [2.75, 3.05) is 0 Å². The van der Waals surface area contributed by atoms with E-state index in [-0.39, 0.29) is 17.9 Å². The fraction of sp³-hybridized carbons (Fsp3) is 0.364. The maximum atomic E-state index is 12.6. The van der Waals surface area contributed by atoms with E-state index in [1.54, 1.807) is 12.1 Å². The standard InChI is InChI=1S/C11H11FO2/c12-9-6-4-8(5-7-9)10-2-1-3-11(13)14-10/h4-7,10H,1-3H2/t10-/m0/s1. The number of carbonyl (C=O) groups is 1. The highest BCUT2D eigenvalue weighted by Gasteiger charge is 2.21. The molecular formula is C11H11FO2. The van der Waals surface area contributed by atoms with E-state index in [0.29, 0.717) is 6.42 Å². The molecule has 0 unspecified atom stereocenters. The molecular weight excluding hydrogens is 183 g/mol. The van der Waals surface area contributed by atoms with Crippen LogP contribution in [0.25, 0.3) is 0 Å². The second-order valence-corrected chi connectivity index (χ2v) is 3.42. The normalized spacial score (nSPS) is 21.8. The summed E-state index contributed by atoms with van der Waals surface area (Å²) in [6.07, 6.45) is 1.99. The van der Waals surface area contributed by atoms with Crippen LogP contribution in [0.3, 0.4) is 0 Å². The van der Waals surface area contributed by atoms with E-state index < -0.39 is 0 Å². The molecule has 1 aliphatic heterocycles. The highest BCUT2D eigenvalue weighted by Crippen LogP contribution is 2.28. The lowest BCUT2D eigenvalue weighted by molar-refractivity contribution is -0.154. The SMILES string of the molecule is O=C1CCC[C@@H](c2ccc(F)cc2)O1. The van der Waals surface area contributed by atoms with Crippen LogP contribution in [0.1, 0.15) is 30.9 Å². The summed E-state index contributed by atoms with van der Waals surface area (Å²) in [6, 6.07) is 6.10. The molecule has 0 aliphatic carbocycles. The summed E-state index contributed by atoms with van der Waals surface area (Å²) in [5.41, 5.74) is 0.874. The number of halogens is 1. The number of ether oxygens (including phenoxy) is 1. The van der Waals surface area contributed by atoms with Crippen molar-refractivity contribution >= 4 is 5.97 Å². The highest BCUT2D eigenvalue weighted by atomic mass is 19.1. The lowest BCUT2D eigenvalue weighted by atomic mass is 10.0. The molecule has 2 nitrogen and oxygen atoms in total. The van der Waals surface area contributed by atoms with E-state index >= 15 is 0 Å². The van der Waals surface area contributed by atoms with Crippen LogP contribution in [0, 0.1) is 5.82 Å². The maximum absolute atomic E-state index is 12.6. The van der Waals surface area contributed by atoms with E-state index in [4.69, 9.17) is 4.74 Å².